The van der Waals surface area contributed by atoms with E-state index < -0.39 is 5.91 Å². The maximum atomic E-state index is 10.6. The highest BCUT2D eigenvalue weighted by Gasteiger charge is 2.02. The monoisotopic (exact) mass is 156 g/mol. The van der Waals surface area contributed by atoms with E-state index in [-0.39, 0.29) is 0 Å². The van der Waals surface area contributed by atoms with Gasteiger partial charge in [0.15, 0.2) is 0 Å². The van der Waals surface area contributed by atoms with Crippen LogP contribution in [0.4, 0.5) is 0 Å². The molecule has 0 aromatic rings. The van der Waals surface area contributed by atoms with E-state index in [0.29, 0.717) is 11.3 Å². The number of carbonyl (C=O) groups excluding carboxylic acids is 1. The average Bonchev–Trinajstić information content (AvgIpc) is 1.98. The number of allylic oxidation sites excluding steroid dienone is 1. The van der Waals surface area contributed by atoms with E-state index >= 15 is 0 Å². The molecule has 4 N–H and O–H groups in total. The minimum atomic E-state index is -0.418. The summed E-state index contributed by atoms with van der Waals surface area (Å²) in [4.78, 5) is 10.6. The molecule has 64 valence electrons. The second-order valence-electron chi connectivity index (χ2n) is 2.62. The van der Waals surface area contributed by atoms with Crippen LogP contribution in [0.5, 0.6) is 0 Å². The van der Waals surface area contributed by atoms with Crippen molar-refractivity contribution in [2.24, 2.45) is 11.5 Å². The van der Waals surface area contributed by atoms with Gasteiger partial charge >= 0.3 is 0 Å². The average molecular weight is 156 g/mol. The summed E-state index contributed by atoms with van der Waals surface area (Å²) in [5.74, 6) is -0.418. The number of nitrogens with two attached hydrogens (primary N) is 2. The van der Waals surface area contributed by atoms with Crippen LogP contribution in [0.15, 0.2) is 11.3 Å². The smallest absolute Gasteiger partial charge is 0.246 e. The minimum absolute atomic E-state index is 0.418. The number of primary amides is 1. The summed E-state index contributed by atoms with van der Waals surface area (Å²) in [5, 5.41) is 0. The van der Waals surface area contributed by atoms with Gasteiger partial charge in [0.25, 0.3) is 0 Å². The molecule has 0 rings (SSSR count). The fraction of sp³-hybridized carbons (Fsp3) is 0.625. The molecule has 0 radical (unpaired) electrons. The molecular weight excluding hydrogens is 140 g/mol. The summed E-state index contributed by atoms with van der Waals surface area (Å²) in [6.07, 6.45) is 2.86. The molecular formula is C8H16N2O. The van der Waals surface area contributed by atoms with Crippen LogP contribution in [0.25, 0.3) is 0 Å². The van der Waals surface area contributed by atoms with Gasteiger partial charge in [-0.3, -0.25) is 4.79 Å². The van der Waals surface area contributed by atoms with Crippen molar-refractivity contribution in [3.8, 4) is 0 Å². The van der Waals surface area contributed by atoms with Gasteiger partial charge in [0.2, 0.25) is 5.91 Å². The number of unbranched alkanes of at least 4 members (excludes halogenated alkanes) is 1. The van der Waals surface area contributed by atoms with Gasteiger partial charge in [-0.25, -0.2) is 0 Å². The van der Waals surface area contributed by atoms with Crippen molar-refractivity contribution in [3.05, 3.63) is 11.3 Å². The number of hydrogen-bond donors (Lipinski definition) is 2. The van der Waals surface area contributed by atoms with Crippen LogP contribution in [0.3, 0.4) is 0 Å². The van der Waals surface area contributed by atoms with Gasteiger partial charge in [-0.05, 0) is 19.8 Å². The highest BCUT2D eigenvalue weighted by Crippen LogP contribution is 2.05. The Labute approximate surface area is 67.4 Å². The van der Waals surface area contributed by atoms with Gasteiger partial charge in [-0.2, -0.15) is 0 Å². The third-order valence-corrected chi connectivity index (χ3v) is 1.65. The molecule has 0 aromatic carbocycles. The lowest BCUT2D eigenvalue weighted by atomic mass is 10.1. The molecule has 0 saturated carbocycles. The Hall–Kier alpha value is -0.990. The van der Waals surface area contributed by atoms with Crippen molar-refractivity contribution >= 4 is 5.91 Å². The van der Waals surface area contributed by atoms with Gasteiger partial charge in [-0.15, -0.1) is 0 Å². The summed E-state index contributed by atoms with van der Waals surface area (Å²) >= 11 is 0. The predicted molar refractivity (Wildman–Crippen MR) is 45.6 cm³/mol. The Morgan fingerprint density at radius 2 is 1.91 bits per heavy atom. The number of carbonyl (C=O) groups is 1. The first kappa shape index (κ1) is 10.0. The minimum Gasteiger partial charge on any atom is -0.402 e. The molecule has 0 aliphatic rings. The van der Waals surface area contributed by atoms with E-state index in [2.05, 4.69) is 6.92 Å². The van der Waals surface area contributed by atoms with Gasteiger partial charge in [0, 0.05) is 11.3 Å². The van der Waals surface area contributed by atoms with Crippen LogP contribution in [0, 0.1) is 0 Å². The molecule has 0 spiro atoms. The van der Waals surface area contributed by atoms with Gasteiger partial charge < -0.3 is 11.5 Å². The SMILES string of the molecule is CCCCC(N)=C(C)C(N)=O. The molecule has 1 amide bonds. The summed E-state index contributed by atoms with van der Waals surface area (Å²) in [6, 6.07) is 0. The Bertz CT molecular complexity index is 173. The van der Waals surface area contributed by atoms with Crippen LogP contribution in [0.2, 0.25) is 0 Å². The Morgan fingerprint density at radius 3 is 2.27 bits per heavy atom. The molecule has 0 fully saturated rings. The van der Waals surface area contributed by atoms with E-state index in [0.717, 1.165) is 19.3 Å². The molecule has 0 unspecified atom stereocenters. The zero-order valence-electron chi connectivity index (χ0n) is 7.18. The lowest BCUT2D eigenvalue weighted by Gasteiger charge is -2.02. The van der Waals surface area contributed by atoms with Crippen molar-refractivity contribution in [2.75, 3.05) is 0 Å². The second-order valence-corrected chi connectivity index (χ2v) is 2.62. The van der Waals surface area contributed by atoms with E-state index in [1.54, 1.807) is 6.92 Å². The topological polar surface area (TPSA) is 69.1 Å². The Kier molecular flexibility index (Phi) is 4.34. The van der Waals surface area contributed by atoms with Gasteiger partial charge in [0.1, 0.15) is 0 Å². The van der Waals surface area contributed by atoms with E-state index in [1.165, 1.54) is 0 Å². The Balaban J connectivity index is 4.05. The van der Waals surface area contributed by atoms with Crippen molar-refractivity contribution < 1.29 is 4.79 Å². The van der Waals surface area contributed by atoms with Crippen LogP contribution in [0.1, 0.15) is 33.1 Å². The zero-order chi connectivity index (χ0) is 8.85. The second kappa shape index (κ2) is 4.77. The first-order valence-corrected chi connectivity index (χ1v) is 3.84. The van der Waals surface area contributed by atoms with E-state index in [1.807, 2.05) is 0 Å². The standard InChI is InChI=1S/C8H16N2O/c1-3-4-5-7(9)6(2)8(10)11/h3-5,9H2,1-2H3,(H2,10,11). The van der Waals surface area contributed by atoms with Crippen molar-refractivity contribution in [3.63, 3.8) is 0 Å². The fourth-order valence-corrected chi connectivity index (χ4v) is 0.713. The molecule has 3 heteroatoms. The lowest BCUT2D eigenvalue weighted by Crippen LogP contribution is -2.16. The van der Waals surface area contributed by atoms with Crippen molar-refractivity contribution in [2.45, 2.75) is 33.1 Å². The fourth-order valence-electron chi connectivity index (χ4n) is 0.713. The maximum absolute atomic E-state index is 10.6. The largest absolute Gasteiger partial charge is 0.402 e. The van der Waals surface area contributed by atoms with E-state index in [9.17, 15) is 4.79 Å². The summed E-state index contributed by atoms with van der Waals surface area (Å²) < 4.78 is 0. The number of rotatable bonds is 4. The number of amides is 1. The van der Waals surface area contributed by atoms with E-state index in [4.69, 9.17) is 11.5 Å². The zero-order valence-corrected chi connectivity index (χ0v) is 7.18. The summed E-state index contributed by atoms with van der Waals surface area (Å²) in [7, 11) is 0. The molecule has 0 atom stereocenters. The highest BCUT2D eigenvalue weighted by molar-refractivity contribution is 5.91. The van der Waals surface area contributed by atoms with Crippen molar-refractivity contribution in [1.82, 2.24) is 0 Å². The predicted octanol–water partition coefficient (Wildman–Crippen LogP) is 0.895. The Morgan fingerprint density at radius 1 is 1.36 bits per heavy atom. The first-order chi connectivity index (χ1) is 5.09. The molecule has 0 aliphatic heterocycles. The molecule has 0 aromatic heterocycles. The molecule has 11 heavy (non-hydrogen) atoms. The lowest BCUT2D eigenvalue weighted by molar-refractivity contribution is -0.114. The van der Waals surface area contributed by atoms with Gasteiger partial charge in [0.05, 0.1) is 0 Å². The molecule has 0 saturated heterocycles. The molecule has 0 aliphatic carbocycles. The first-order valence-electron chi connectivity index (χ1n) is 3.84. The molecule has 3 nitrogen and oxygen atoms in total. The highest BCUT2D eigenvalue weighted by atomic mass is 16.1. The summed E-state index contributed by atoms with van der Waals surface area (Å²) in [6.45, 7) is 3.74. The quantitative estimate of drug-likeness (QED) is 0.593. The number of hydrogen-bond acceptors (Lipinski definition) is 2. The molecule has 0 heterocycles. The van der Waals surface area contributed by atoms with Crippen LogP contribution >= 0.6 is 0 Å². The summed E-state index contributed by atoms with van der Waals surface area (Å²) in [5.41, 5.74) is 11.7. The van der Waals surface area contributed by atoms with Crippen molar-refractivity contribution in [1.29, 1.82) is 0 Å². The van der Waals surface area contributed by atoms with Crippen LogP contribution in [-0.4, -0.2) is 5.91 Å². The van der Waals surface area contributed by atoms with Crippen LogP contribution in [-0.2, 0) is 4.79 Å². The third-order valence-electron chi connectivity index (χ3n) is 1.65. The molecule has 0 bridgehead atoms. The van der Waals surface area contributed by atoms with Gasteiger partial charge in [-0.1, -0.05) is 13.3 Å². The third kappa shape index (κ3) is 3.65. The van der Waals surface area contributed by atoms with Crippen LogP contribution < -0.4 is 11.5 Å². The normalized spacial score (nSPS) is 12.5. The maximum Gasteiger partial charge on any atom is 0.246 e.